The van der Waals surface area contributed by atoms with E-state index in [1.54, 1.807) is 16.9 Å². The van der Waals surface area contributed by atoms with Gasteiger partial charge in [0, 0.05) is 9.26 Å². The van der Waals surface area contributed by atoms with Crippen LogP contribution in [-0.2, 0) is 6.42 Å². The zero-order chi connectivity index (χ0) is 24.2. The molecule has 4 rings (SSSR count). The van der Waals surface area contributed by atoms with Gasteiger partial charge in [0.25, 0.3) is 5.91 Å². The number of halogens is 2. The van der Waals surface area contributed by atoms with Crippen LogP contribution in [0.25, 0.3) is 16.7 Å². The highest BCUT2D eigenvalue weighted by Gasteiger charge is 2.14. The number of nitrogens with zero attached hydrogens (tertiary/aromatic N) is 3. The van der Waals surface area contributed by atoms with Gasteiger partial charge in [0.15, 0.2) is 5.11 Å². The maximum absolute atomic E-state index is 12.6. The first-order chi connectivity index (χ1) is 16.3. The Morgan fingerprint density at radius 1 is 1.09 bits per heavy atom. The van der Waals surface area contributed by atoms with Crippen molar-refractivity contribution in [2.75, 3.05) is 5.32 Å². The maximum Gasteiger partial charge on any atom is 0.258 e. The van der Waals surface area contributed by atoms with Gasteiger partial charge in [0.05, 0.1) is 16.3 Å². The van der Waals surface area contributed by atoms with E-state index in [0.29, 0.717) is 10.6 Å². The highest BCUT2D eigenvalue weighted by Crippen LogP contribution is 2.23. The monoisotopic (exact) mass is 603 g/mol. The van der Waals surface area contributed by atoms with E-state index in [1.165, 1.54) is 18.4 Å². The Balaban J connectivity index is 1.50. The van der Waals surface area contributed by atoms with Gasteiger partial charge in [-0.25, -0.2) is 0 Å². The van der Waals surface area contributed by atoms with E-state index in [0.717, 1.165) is 38.0 Å². The third kappa shape index (κ3) is 5.73. The first kappa shape index (κ1) is 24.6. The molecule has 2 N–H and O–H groups in total. The number of carbonyl (C=O) groups is 1. The summed E-state index contributed by atoms with van der Waals surface area (Å²) in [4.78, 5) is 14.2. The number of unbranched alkanes of at least 4 members (excludes halogenated alkanes) is 1. The number of aryl methyl sites for hydroxylation is 2. The average molecular weight is 604 g/mol. The molecule has 34 heavy (non-hydrogen) atoms. The summed E-state index contributed by atoms with van der Waals surface area (Å²) in [6, 6.07) is 17.4. The first-order valence-electron chi connectivity index (χ1n) is 10.9. The number of amides is 1. The van der Waals surface area contributed by atoms with Crippen LogP contribution in [0.5, 0.6) is 0 Å². The fourth-order valence-electron chi connectivity index (χ4n) is 3.49. The lowest BCUT2D eigenvalue weighted by molar-refractivity contribution is 0.0978. The first-order valence-corrected chi connectivity index (χ1v) is 12.7. The lowest BCUT2D eigenvalue weighted by Crippen LogP contribution is -2.34. The molecule has 0 saturated heterocycles. The molecular formula is C25H23ClIN5OS. The minimum absolute atomic E-state index is 0.178. The number of benzene rings is 3. The zero-order valence-corrected chi connectivity index (χ0v) is 22.5. The molecule has 0 aliphatic heterocycles. The molecule has 0 atom stereocenters. The van der Waals surface area contributed by atoms with E-state index in [9.17, 15) is 4.79 Å². The van der Waals surface area contributed by atoms with Crippen LogP contribution >= 0.6 is 46.4 Å². The minimum Gasteiger partial charge on any atom is -0.332 e. The van der Waals surface area contributed by atoms with E-state index in [1.807, 2.05) is 37.3 Å². The Bertz CT molecular complexity index is 1370. The number of hydrogen-bond donors (Lipinski definition) is 2. The van der Waals surface area contributed by atoms with Crippen LogP contribution in [0.15, 0.2) is 54.6 Å². The summed E-state index contributed by atoms with van der Waals surface area (Å²) in [5, 5.41) is 15.6. The van der Waals surface area contributed by atoms with Crippen LogP contribution < -0.4 is 10.6 Å². The van der Waals surface area contributed by atoms with E-state index >= 15 is 0 Å². The maximum atomic E-state index is 12.6. The summed E-state index contributed by atoms with van der Waals surface area (Å²) < 4.78 is 0.908. The van der Waals surface area contributed by atoms with Gasteiger partial charge in [-0.2, -0.15) is 4.80 Å². The fourth-order valence-corrected chi connectivity index (χ4v) is 4.39. The number of fused-ring (bicyclic) bond motifs is 1. The van der Waals surface area contributed by atoms with Crippen molar-refractivity contribution >= 4 is 74.2 Å². The van der Waals surface area contributed by atoms with Gasteiger partial charge in [0.2, 0.25) is 0 Å². The smallest absolute Gasteiger partial charge is 0.258 e. The average Bonchev–Trinajstić information content (AvgIpc) is 3.22. The number of aromatic nitrogens is 3. The number of carbonyl (C=O) groups excluding carboxylic acids is 1. The molecular weight excluding hydrogens is 581 g/mol. The van der Waals surface area contributed by atoms with Gasteiger partial charge in [-0.3, -0.25) is 10.1 Å². The molecule has 0 radical (unpaired) electrons. The van der Waals surface area contributed by atoms with E-state index in [2.05, 4.69) is 62.5 Å². The SMILES string of the molecule is CCCCc1ccc(-n2nc3cc(C)c(NC(=S)NC(=O)c4cc(I)ccc4Cl)cc3n2)cc1. The second kappa shape index (κ2) is 10.8. The highest BCUT2D eigenvalue weighted by atomic mass is 127. The number of hydrogen-bond acceptors (Lipinski definition) is 4. The summed E-state index contributed by atoms with van der Waals surface area (Å²) in [6.07, 6.45) is 3.43. The molecule has 0 unspecified atom stereocenters. The lowest BCUT2D eigenvalue weighted by atomic mass is 10.1. The predicted octanol–water partition coefficient (Wildman–Crippen LogP) is 6.46. The second-order valence-electron chi connectivity index (χ2n) is 7.95. The minimum atomic E-state index is -0.368. The summed E-state index contributed by atoms with van der Waals surface area (Å²) in [7, 11) is 0. The van der Waals surface area contributed by atoms with Crippen molar-refractivity contribution in [1.29, 1.82) is 0 Å². The van der Waals surface area contributed by atoms with Gasteiger partial charge in [0.1, 0.15) is 11.0 Å². The molecule has 1 heterocycles. The third-order valence-corrected chi connectivity index (χ3v) is 6.57. The second-order valence-corrected chi connectivity index (χ2v) is 10.0. The van der Waals surface area contributed by atoms with Crippen molar-refractivity contribution in [3.05, 3.63) is 79.9 Å². The molecule has 1 amide bonds. The Morgan fingerprint density at radius 3 is 2.50 bits per heavy atom. The molecule has 0 saturated carbocycles. The van der Waals surface area contributed by atoms with E-state index in [-0.39, 0.29) is 11.0 Å². The summed E-state index contributed by atoms with van der Waals surface area (Å²) >= 11 is 13.7. The summed E-state index contributed by atoms with van der Waals surface area (Å²) in [5.41, 5.74) is 5.75. The van der Waals surface area contributed by atoms with Crippen LogP contribution in [0.1, 0.15) is 41.3 Å². The van der Waals surface area contributed by atoms with Crippen LogP contribution in [0.4, 0.5) is 5.69 Å². The molecule has 0 aliphatic carbocycles. The highest BCUT2D eigenvalue weighted by molar-refractivity contribution is 14.1. The van der Waals surface area contributed by atoms with E-state index < -0.39 is 0 Å². The molecule has 3 aromatic carbocycles. The van der Waals surface area contributed by atoms with Crippen molar-refractivity contribution in [3.8, 4) is 5.69 Å². The third-order valence-electron chi connectivity index (χ3n) is 5.36. The van der Waals surface area contributed by atoms with Crippen molar-refractivity contribution in [2.24, 2.45) is 0 Å². The quantitative estimate of drug-likeness (QED) is 0.196. The van der Waals surface area contributed by atoms with Crippen LogP contribution in [0.2, 0.25) is 5.02 Å². The van der Waals surface area contributed by atoms with Crippen molar-refractivity contribution in [3.63, 3.8) is 0 Å². The van der Waals surface area contributed by atoms with Gasteiger partial charge in [-0.1, -0.05) is 37.1 Å². The van der Waals surface area contributed by atoms with Crippen molar-refractivity contribution in [1.82, 2.24) is 20.3 Å². The topological polar surface area (TPSA) is 71.8 Å². The standard InChI is InChI=1S/C25H23ClIN5OS/c1-3-4-5-16-6-9-18(10-7-16)32-30-22-12-15(2)21(14-23(22)31-32)28-25(34)29-24(33)19-13-17(27)8-11-20(19)26/h6-14H,3-5H2,1-2H3,(H2,28,29,33,34). The molecule has 0 aliphatic rings. The molecule has 6 nitrogen and oxygen atoms in total. The normalized spacial score (nSPS) is 10.9. The number of rotatable bonds is 6. The van der Waals surface area contributed by atoms with Gasteiger partial charge < -0.3 is 5.32 Å². The molecule has 0 bridgehead atoms. The van der Waals surface area contributed by atoms with Crippen LogP contribution in [0.3, 0.4) is 0 Å². The van der Waals surface area contributed by atoms with Crippen LogP contribution in [-0.4, -0.2) is 26.0 Å². The number of thiocarbonyl (C=S) groups is 1. The van der Waals surface area contributed by atoms with Crippen molar-refractivity contribution in [2.45, 2.75) is 33.1 Å². The predicted molar refractivity (Wildman–Crippen MR) is 150 cm³/mol. The zero-order valence-electron chi connectivity index (χ0n) is 18.7. The Kier molecular flexibility index (Phi) is 7.80. The number of anilines is 1. The lowest BCUT2D eigenvalue weighted by Gasteiger charge is -2.12. The van der Waals surface area contributed by atoms with Gasteiger partial charge in [-0.05, 0) is 108 Å². The largest absolute Gasteiger partial charge is 0.332 e. The summed E-state index contributed by atoms with van der Waals surface area (Å²) in [6.45, 7) is 4.14. The number of nitrogens with one attached hydrogen (secondary N) is 2. The Morgan fingerprint density at radius 2 is 1.79 bits per heavy atom. The Hall–Kier alpha value is -2.56. The molecule has 0 fully saturated rings. The van der Waals surface area contributed by atoms with E-state index in [4.69, 9.17) is 23.8 Å². The molecule has 4 aromatic rings. The fraction of sp³-hybridized carbons (Fsp3) is 0.200. The summed E-state index contributed by atoms with van der Waals surface area (Å²) in [5.74, 6) is -0.368. The Labute approximate surface area is 222 Å². The van der Waals surface area contributed by atoms with Crippen LogP contribution in [0, 0.1) is 10.5 Å². The molecule has 9 heteroatoms. The molecule has 174 valence electrons. The van der Waals surface area contributed by atoms with Gasteiger partial charge in [-0.15, -0.1) is 10.2 Å². The molecule has 0 spiro atoms. The molecule has 1 aromatic heterocycles. The van der Waals surface area contributed by atoms with Crippen molar-refractivity contribution < 1.29 is 4.79 Å². The van der Waals surface area contributed by atoms with Gasteiger partial charge >= 0.3 is 0 Å².